The van der Waals surface area contributed by atoms with Gasteiger partial charge in [0.1, 0.15) is 17.1 Å². The first kappa shape index (κ1) is 30.7. The smallest absolute Gasteiger partial charge is 0.339 e. The number of amides is 2. The number of imide groups is 1. The van der Waals surface area contributed by atoms with Crippen molar-refractivity contribution in [2.24, 2.45) is 5.92 Å². The van der Waals surface area contributed by atoms with Crippen LogP contribution in [-0.4, -0.2) is 36.6 Å². The molecule has 2 amide bonds. The summed E-state index contributed by atoms with van der Waals surface area (Å²) in [5, 5.41) is 2.21. The minimum Gasteiger partial charge on any atom is -0.496 e. The van der Waals surface area contributed by atoms with E-state index < -0.39 is 40.8 Å². The summed E-state index contributed by atoms with van der Waals surface area (Å²) < 4.78 is 17.3. The molecule has 1 N–H and O–H groups in total. The van der Waals surface area contributed by atoms with Crippen LogP contribution < -0.4 is 21.1 Å². The van der Waals surface area contributed by atoms with Gasteiger partial charge in [0.25, 0.3) is 5.91 Å². The number of carbonyl (C=O) groups excluding carboxylic acids is 3. The number of nitrogens with one attached hydrogen (secondary N) is 1. The number of methoxy groups -OCH3 is 2. The molecule has 2 atom stereocenters. The molecule has 0 bridgehead atoms. The molecule has 0 aliphatic rings. The van der Waals surface area contributed by atoms with Crippen LogP contribution in [0.15, 0.2) is 99.1 Å². The van der Waals surface area contributed by atoms with Gasteiger partial charge in [0.15, 0.2) is 5.43 Å². The Morgan fingerprint density at radius 2 is 1.56 bits per heavy atom. The molecular formula is C33H32N2O8. The van der Waals surface area contributed by atoms with E-state index in [1.165, 1.54) is 39.5 Å². The molecule has 4 rings (SSSR count). The summed E-state index contributed by atoms with van der Waals surface area (Å²) in [5.74, 6) is -2.49. The Kier molecular flexibility index (Phi) is 10.1. The Morgan fingerprint density at radius 1 is 0.907 bits per heavy atom. The topological polar surface area (TPSA) is 134 Å². The summed E-state index contributed by atoms with van der Waals surface area (Å²) in [6.07, 6.45) is 1.73. The van der Waals surface area contributed by atoms with Crippen LogP contribution in [0, 0.1) is 5.92 Å². The molecule has 10 heteroatoms. The Morgan fingerprint density at radius 3 is 2.19 bits per heavy atom. The molecule has 2 aromatic carbocycles. The van der Waals surface area contributed by atoms with Crippen molar-refractivity contribution in [3.8, 4) is 5.75 Å². The van der Waals surface area contributed by atoms with Gasteiger partial charge in [-0.15, -0.1) is 0 Å². The Hall–Kier alpha value is -5.25. The molecule has 0 unspecified atom stereocenters. The number of ether oxygens (including phenoxy) is 2. The number of carbonyl (C=O) groups is 3. The fourth-order valence-electron chi connectivity index (χ4n) is 4.73. The number of rotatable bonds is 11. The highest BCUT2D eigenvalue weighted by molar-refractivity contribution is 6.05. The minimum absolute atomic E-state index is 0.250. The van der Waals surface area contributed by atoms with Gasteiger partial charge in [-0.2, -0.15) is 0 Å². The lowest BCUT2D eigenvalue weighted by atomic mass is 10.0. The fraction of sp³-hybridized carbons (Fsp3) is 0.242. The average molecular weight is 585 g/mol. The molecule has 2 aromatic heterocycles. The molecule has 0 aliphatic heterocycles. The molecule has 0 saturated heterocycles. The molecule has 0 spiro atoms. The van der Waals surface area contributed by atoms with E-state index in [0.717, 1.165) is 11.1 Å². The second-order valence-corrected chi connectivity index (χ2v) is 10.0. The summed E-state index contributed by atoms with van der Waals surface area (Å²) in [7, 11) is 2.64. The predicted molar refractivity (Wildman–Crippen MR) is 158 cm³/mol. The van der Waals surface area contributed by atoms with Gasteiger partial charge in [0.2, 0.25) is 5.91 Å². The number of nitrogens with zero attached hydrogens (tertiary/aromatic N) is 1. The molecule has 10 nitrogen and oxygen atoms in total. The van der Waals surface area contributed by atoms with E-state index in [1.54, 1.807) is 10.6 Å². The van der Waals surface area contributed by atoms with Gasteiger partial charge in [-0.25, -0.2) is 4.79 Å². The first-order valence-corrected chi connectivity index (χ1v) is 13.6. The van der Waals surface area contributed by atoms with Gasteiger partial charge in [0.05, 0.1) is 32.2 Å². The van der Waals surface area contributed by atoms with Crippen LogP contribution in [0.5, 0.6) is 5.75 Å². The fourth-order valence-corrected chi connectivity index (χ4v) is 4.73. The lowest BCUT2D eigenvalue weighted by Gasteiger charge is -2.25. The molecular weight excluding hydrogens is 552 g/mol. The van der Waals surface area contributed by atoms with E-state index >= 15 is 0 Å². The van der Waals surface area contributed by atoms with Gasteiger partial charge < -0.3 is 18.5 Å². The highest BCUT2D eigenvalue weighted by Gasteiger charge is 2.25. The van der Waals surface area contributed by atoms with Gasteiger partial charge in [-0.1, -0.05) is 67.6 Å². The summed E-state index contributed by atoms with van der Waals surface area (Å²) in [6, 6.07) is 22.4. The Balaban J connectivity index is 1.84. The summed E-state index contributed by atoms with van der Waals surface area (Å²) in [5.41, 5.74) is 0.843. The minimum atomic E-state index is -0.919. The normalized spacial score (nSPS) is 12.2. The predicted octanol–water partition coefficient (Wildman–Crippen LogP) is 3.69. The summed E-state index contributed by atoms with van der Waals surface area (Å²) in [6.45, 7) is 1.50. The van der Waals surface area contributed by atoms with E-state index in [1.807, 2.05) is 60.7 Å². The highest BCUT2D eigenvalue weighted by Crippen LogP contribution is 2.27. The van der Waals surface area contributed by atoms with Crippen LogP contribution in [0.4, 0.5) is 0 Å². The van der Waals surface area contributed by atoms with Crippen LogP contribution in [0.1, 0.15) is 52.3 Å². The van der Waals surface area contributed by atoms with Crippen molar-refractivity contribution < 1.29 is 28.3 Å². The molecule has 43 heavy (non-hydrogen) atoms. The number of pyridine rings is 1. The molecule has 0 fully saturated rings. The first-order valence-electron chi connectivity index (χ1n) is 13.6. The third-order valence-electron chi connectivity index (χ3n) is 6.92. The maximum atomic E-state index is 13.3. The first-order chi connectivity index (χ1) is 20.7. The van der Waals surface area contributed by atoms with E-state index in [4.69, 9.17) is 9.15 Å². The van der Waals surface area contributed by atoms with Crippen molar-refractivity contribution in [3.63, 3.8) is 0 Å². The molecule has 0 saturated carbocycles. The van der Waals surface area contributed by atoms with Crippen molar-refractivity contribution in [2.45, 2.75) is 32.2 Å². The number of hydrogen-bond donors (Lipinski definition) is 1. The van der Waals surface area contributed by atoms with Crippen molar-refractivity contribution >= 4 is 17.8 Å². The molecule has 2 heterocycles. The monoisotopic (exact) mass is 584 g/mol. The lowest BCUT2D eigenvalue weighted by Crippen LogP contribution is -2.36. The van der Waals surface area contributed by atoms with Crippen molar-refractivity contribution in [2.75, 3.05) is 14.2 Å². The summed E-state index contributed by atoms with van der Waals surface area (Å²) >= 11 is 0. The zero-order chi connectivity index (χ0) is 30.9. The van der Waals surface area contributed by atoms with Crippen LogP contribution in [0.25, 0.3) is 0 Å². The third kappa shape index (κ3) is 7.94. The van der Waals surface area contributed by atoms with Gasteiger partial charge in [-0.05, 0) is 11.1 Å². The van der Waals surface area contributed by atoms with Crippen LogP contribution >= 0.6 is 0 Å². The maximum Gasteiger partial charge on any atom is 0.339 e. The number of hydrogen-bond acceptors (Lipinski definition) is 8. The molecule has 0 aliphatic carbocycles. The zero-order valence-corrected chi connectivity index (χ0v) is 24.1. The van der Waals surface area contributed by atoms with Crippen LogP contribution in [0.2, 0.25) is 0 Å². The van der Waals surface area contributed by atoms with E-state index in [9.17, 15) is 24.0 Å². The molecule has 0 radical (unpaired) electrons. The van der Waals surface area contributed by atoms with E-state index in [0.29, 0.717) is 24.3 Å². The van der Waals surface area contributed by atoms with Crippen LogP contribution in [0.3, 0.4) is 0 Å². The Bertz CT molecular complexity index is 1710. The van der Waals surface area contributed by atoms with Gasteiger partial charge in [-0.3, -0.25) is 24.5 Å². The largest absolute Gasteiger partial charge is 0.496 e. The molecule has 222 valence electrons. The second-order valence-electron chi connectivity index (χ2n) is 10.0. The lowest BCUT2D eigenvalue weighted by molar-refractivity contribution is -0.146. The van der Waals surface area contributed by atoms with Crippen molar-refractivity contribution in [3.05, 3.63) is 134 Å². The average Bonchev–Trinajstić information content (AvgIpc) is 3.00. The van der Waals surface area contributed by atoms with Gasteiger partial charge in [0, 0.05) is 43.3 Å². The third-order valence-corrected chi connectivity index (χ3v) is 6.92. The van der Waals surface area contributed by atoms with Crippen LogP contribution in [-0.2, 0) is 27.2 Å². The number of esters is 1. The van der Waals surface area contributed by atoms with E-state index in [-0.39, 0.29) is 17.7 Å². The quantitative estimate of drug-likeness (QED) is 0.264. The zero-order valence-electron chi connectivity index (χ0n) is 24.1. The standard InChI is InChI=1S/C33H32N2O8/c1-21(33(40)42-3)14-30(37)34-32(39)26-20-35(24(17-28(26)36)15-22-10-6-4-7-11-22)27(16-23-12-8-5-9-13-23)29-18-25(41-2)19-31(38)43-29/h4-13,17-21,27H,14-16H2,1-3H3,(H,34,37,39)/t21-,27-/m0/s1. The number of aromatic nitrogens is 1. The summed E-state index contributed by atoms with van der Waals surface area (Å²) in [4.78, 5) is 63.3. The Labute approximate surface area is 247 Å². The second kappa shape index (κ2) is 14.1. The SMILES string of the molecule is COC(=O)[C@@H](C)CC(=O)NC(=O)c1cn([C@@H](Cc2ccccc2)c2cc(OC)cc(=O)o2)c(Cc2ccccc2)cc1=O. The van der Waals surface area contributed by atoms with Crippen molar-refractivity contribution in [1.82, 2.24) is 9.88 Å². The maximum absolute atomic E-state index is 13.3. The molecule has 4 aromatic rings. The van der Waals surface area contributed by atoms with Gasteiger partial charge >= 0.3 is 11.6 Å². The highest BCUT2D eigenvalue weighted by atomic mass is 16.5. The van der Waals surface area contributed by atoms with E-state index in [2.05, 4.69) is 10.1 Å². The number of benzene rings is 2. The van der Waals surface area contributed by atoms with Crippen molar-refractivity contribution in [1.29, 1.82) is 0 Å².